The number of hydrogen-bond donors (Lipinski definition) is 0. The van der Waals surface area contributed by atoms with Crippen LogP contribution >= 0.6 is 0 Å². The van der Waals surface area contributed by atoms with Crippen LogP contribution in [0.1, 0.15) is 11.1 Å². The van der Waals surface area contributed by atoms with Gasteiger partial charge in [-0.05, 0) is 18.6 Å². The maximum absolute atomic E-state index is 12.8. The van der Waals surface area contributed by atoms with Crippen molar-refractivity contribution in [1.82, 2.24) is 19.3 Å². The molecule has 0 atom stereocenters. The summed E-state index contributed by atoms with van der Waals surface area (Å²) in [6.07, 6.45) is 2.84. The van der Waals surface area contributed by atoms with E-state index in [4.69, 9.17) is 0 Å². The minimum Gasteiger partial charge on any atom is -0.294 e. The van der Waals surface area contributed by atoms with Crippen molar-refractivity contribution >= 4 is 16.7 Å². The Hall–Kier alpha value is -3.81. The number of nitro groups is 1. The summed E-state index contributed by atoms with van der Waals surface area (Å²) < 4.78 is 2.83. The predicted octanol–water partition coefficient (Wildman–Crippen LogP) is 2.85. The molecule has 8 heteroatoms. The Balaban J connectivity index is 1.81. The molecule has 0 spiro atoms. The van der Waals surface area contributed by atoms with Crippen molar-refractivity contribution < 1.29 is 4.92 Å². The monoisotopic (exact) mass is 361 g/mol. The number of nitrogens with zero attached hydrogens (tertiary/aromatic N) is 5. The number of para-hydroxylation sites is 2. The zero-order chi connectivity index (χ0) is 19.0. The van der Waals surface area contributed by atoms with Gasteiger partial charge in [0.25, 0.3) is 11.2 Å². The van der Waals surface area contributed by atoms with E-state index in [-0.39, 0.29) is 22.6 Å². The zero-order valence-corrected chi connectivity index (χ0v) is 14.4. The predicted molar refractivity (Wildman–Crippen MR) is 100 cm³/mol. The molecule has 134 valence electrons. The number of aromatic nitrogens is 4. The summed E-state index contributed by atoms with van der Waals surface area (Å²) in [5, 5.41) is 15.8. The molecule has 0 aliphatic rings. The number of aryl methyl sites for hydroxylation is 1. The van der Waals surface area contributed by atoms with Gasteiger partial charge < -0.3 is 0 Å². The molecule has 0 amide bonds. The summed E-state index contributed by atoms with van der Waals surface area (Å²) in [5.74, 6) is 0. The molecular weight excluding hydrogens is 346 g/mol. The number of rotatable bonds is 4. The summed E-state index contributed by atoms with van der Waals surface area (Å²) in [5.41, 5.74) is 2.30. The Morgan fingerprint density at radius 2 is 1.96 bits per heavy atom. The highest BCUT2D eigenvalue weighted by Crippen LogP contribution is 2.23. The molecule has 2 aromatic heterocycles. The molecule has 0 saturated heterocycles. The van der Waals surface area contributed by atoms with Gasteiger partial charge >= 0.3 is 0 Å². The Kier molecular flexibility index (Phi) is 4.00. The van der Waals surface area contributed by atoms with E-state index in [1.807, 2.05) is 31.2 Å². The van der Waals surface area contributed by atoms with Crippen molar-refractivity contribution in [2.24, 2.45) is 0 Å². The average molecular weight is 361 g/mol. The molecule has 0 radical (unpaired) electrons. The van der Waals surface area contributed by atoms with Crippen LogP contribution in [-0.2, 0) is 6.54 Å². The maximum Gasteiger partial charge on any atom is 0.294 e. The van der Waals surface area contributed by atoms with E-state index >= 15 is 0 Å². The lowest BCUT2D eigenvalue weighted by molar-refractivity contribution is -0.384. The van der Waals surface area contributed by atoms with E-state index in [0.717, 1.165) is 11.1 Å². The highest BCUT2D eigenvalue weighted by Gasteiger charge is 2.19. The molecule has 0 N–H and O–H groups in total. The third kappa shape index (κ3) is 2.97. The van der Waals surface area contributed by atoms with E-state index in [1.54, 1.807) is 18.2 Å². The molecule has 0 bridgehead atoms. The fourth-order valence-electron chi connectivity index (χ4n) is 3.04. The Morgan fingerprint density at radius 3 is 2.74 bits per heavy atom. The molecule has 8 nitrogen and oxygen atoms in total. The normalized spacial score (nSPS) is 11.0. The summed E-state index contributed by atoms with van der Waals surface area (Å²) in [7, 11) is 0. The molecule has 0 unspecified atom stereocenters. The highest BCUT2D eigenvalue weighted by atomic mass is 16.6. The first kappa shape index (κ1) is 16.6. The van der Waals surface area contributed by atoms with Crippen LogP contribution < -0.4 is 5.56 Å². The second-order valence-electron chi connectivity index (χ2n) is 6.21. The molecular formula is C19H15N5O3. The van der Waals surface area contributed by atoms with Crippen molar-refractivity contribution in [2.45, 2.75) is 13.5 Å². The fourth-order valence-corrected chi connectivity index (χ4v) is 3.04. The first-order valence-electron chi connectivity index (χ1n) is 8.27. The molecule has 4 aromatic rings. The number of benzene rings is 2. The zero-order valence-electron chi connectivity index (χ0n) is 14.4. The Labute approximate surface area is 153 Å². The standard InChI is InChI=1S/C19H15N5O3/c1-13-5-4-6-14(9-13)11-22-12-20-18-15(19(22)25)10-21-23(18)16-7-2-3-8-17(16)24(26)27/h2-10,12H,11H2,1H3. The van der Waals surface area contributed by atoms with E-state index in [0.29, 0.717) is 11.9 Å². The van der Waals surface area contributed by atoms with Gasteiger partial charge in [0.1, 0.15) is 17.4 Å². The van der Waals surface area contributed by atoms with E-state index in [9.17, 15) is 14.9 Å². The average Bonchev–Trinajstić information content (AvgIpc) is 3.09. The van der Waals surface area contributed by atoms with Crippen LogP contribution in [0.2, 0.25) is 0 Å². The quantitative estimate of drug-likeness (QED) is 0.411. The van der Waals surface area contributed by atoms with Crippen LogP contribution in [0.5, 0.6) is 0 Å². The molecule has 0 saturated carbocycles. The summed E-state index contributed by atoms with van der Waals surface area (Å²) in [6, 6.07) is 14.1. The van der Waals surface area contributed by atoms with Crippen molar-refractivity contribution in [3.8, 4) is 5.69 Å². The van der Waals surface area contributed by atoms with Gasteiger partial charge in [0.2, 0.25) is 0 Å². The van der Waals surface area contributed by atoms with Crippen molar-refractivity contribution in [1.29, 1.82) is 0 Å². The van der Waals surface area contributed by atoms with Gasteiger partial charge in [0.05, 0.1) is 17.7 Å². The largest absolute Gasteiger partial charge is 0.294 e. The van der Waals surface area contributed by atoms with Crippen LogP contribution in [0.15, 0.2) is 65.8 Å². The Morgan fingerprint density at radius 1 is 1.15 bits per heavy atom. The SMILES string of the molecule is Cc1cccc(Cn2cnc3c(cnn3-c3ccccc3[N+](=O)[O-])c2=O)c1. The maximum atomic E-state index is 12.8. The topological polar surface area (TPSA) is 95.8 Å². The lowest BCUT2D eigenvalue weighted by atomic mass is 10.1. The van der Waals surface area contributed by atoms with Crippen LogP contribution in [0.25, 0.3) is 16.7 Å². The van der Waals surface area contributed by atoms with Gasteiger partial charge in [-0.15, -0.1) is 0 Å². The third-order valence-corrected chi connectivity index (χ3v) is 4.30. The molecule has 4 rings (SSSR count). The van der Waals surface area contributed by atoms with E-state index in [1.165, 1.54) is 27.8 Å². The van der Waals surface area contributed by atoms with Gasteiger partial charge in [-0.2, -0.15) is 5.10 Å². The first-order valence-corrected chi connectivity index (χ1v) is 8.27. The minimum absolute atomic E-state index is 0.103. The number of fused-ring (bicyclic) bond motifs is 1. The van der Waals surface area contributed by atoms with Crippen LogP contribution in [-0.4, -0.2) is 24.3 Å². The van der Waals surface area contributed by atoms with E-state index < -0.39 is 4.92 Å². The van der Waals surface area contributed by atoms with Crippen LogP contribution in [0, 0.1) is 17.0 Å². The molecule has 2 heterocycles. The summed E-state index contributed by atoms with van der Waals surface area (Å²) in [4.78, 5) is 28.0. The summed E-state index contributed by atoms with van der Waals surface area (Å²) >= 11 is 0. The molecule has 2 aromatic carbocycles. The number of hydrogen-bond acceptors (Lipinski definition) is 5. The van der Waals surface area contributed by atoms with E-state index in [2.05, 4.69) is 10.1 Å². The lowest BCUT2D eigenvalue weighted by Gasteiger charge is -2.07. The molecule has 0 aliphatic heterocycles. The molecule has 0 aliphatic carbocycles. The van der Waals surface area contributed by atoms with Gasteiger partial charge in [-0.25, -0.2) is 9.67 Å². The fraction of sp³-hybridized carbons (Fsp3) is 0.105. The van der Waals surface area contributed by atoms with Gasteiger partial charge in [0, 0.05) is 6.07 Å². The van der Waals surface area contributed by atoms with Crippen LogP contribution in [0.4, 0.5) is 5.69 Å². The van der Waals surface area contributed by atoms with Gasteiger partial charge in [-0.1, -0.05) is 42.0 Å². The van der Waals surface area contributed by atoms with Crippen molar-refractivity contribution in [2.75, 3.05) is 0 Å². The van der Waals surface area contributed by atoms with Gasteiger partial charge in [0.15, 0.2) is 5.65 Å². The van der Waals surface area contributed by atoms with Crippen molar-refractivity contribution in [3.05, 3.63) is 92.7 Å². The molecule has 0 fully saturated rings. The van der Waals surface area contributed by atoms with Crippen molar-refractivity contribution in [3.63, 3.8) is 0 Å². The molecule has 27 heavy (non-hydrogen) atoms. The second kappa shape index (κ2) is 6.49. The number of nitro benzene ring substituents is 1. The highest BCUT2D eigenvalue weighted by molar-refractivity contribution is 5.76. The minimum atomic E-state index is -0.484. The second-order valence-corrected chi connectivity index (χ2v) is 6.21. The van der Waals surface area contributed by atoms with Crippen LogP contribution in [0.3, 0.4) is 0 Å². The third-order valence-electron chi connectivity index (χ3n) is 4.30. The van der Waals surface area contributed by atoms with Gasteiger partial charge in [-0.3, -0.25) is 19.5 Å². The lowest BCUT2D eigenvalue weighted by Crippen LogP contribution is -2.21. The Bertz CT molecular complexity index is 1230. The summed E-state index contributed by atoms with van der Waals surface area (Å²) in [6.45, 7) is 2.38. The first-order chi connectivity index (χ1) is 13.0. The smallest absolute Gasteiger partial charge is 0.294 e.